The Balaban J connectivity index is 1.79. The first-order valence-corrected chi connectivity index (χ1v) is 11.1. The van der Waals surface area contributed by atoms with Gasteiger partial charge >= 0.3 is 0 Å². The Morgan fingerprint density at radius 1 is 1.14 bits per heavy atom. The van der Waals surface area contributed by atoms with Crippen LogP contribution in [0.25, 0.3) is 0 Å². The van der Waals surface area contributed by atoms with Gasteiger partial charge in [0.05, 0.1) is 18.3 Å². The van der Waals surface area contributed by atoms with Gasteiger partial charge in [-0.15, -0.1) is 10.2 Å². The van der Waals surface area contributed by atoms with Gasteiger partial charge in [-0.25, -0.2) is 0 Å². The zero-order valence-electron chi connectivity index (χ0n) is 17.2. The van der Waals surface area contributed by atoms with E-state index in [1.54, 1.807) is 0 Å². The fourth-order valence-corrected chi connectivity index (χ4v) is 4.56. The van der Waals surface area contributed by atoms with Crippen LogP contribution in [0.4, 0.5) is 0 Å². The molecular formula is C21H31N5OS. The number of carbonyl (C=O) groups is 1. The van der Waals surface area contributed by atoms with Gasteiger partial charge < -0.3 is 9.47 Å². The van der Waals surface area contributed by atoms with E-state index in [-0.39, 0.29) is 11.9 Å². The Hall–Kier alpha value is -1.86. The van der Waals surface area contributed by atoms with Gasteiger partial charge in [0.15, 0.2) is 11.0 Å². The van der Waals surface area contributed by atoms with Gasteiger partial charge in [0.2, 0.25) is 5.91 Å². The maximum Gasteiger partial charge on any atom is 0.233 e. The van der Waals surface area contributed by atoms with Gasteiger partial charge in [0.1, 0.15) is 0 Å². The van der Waals surface area contributed by atoms with Crippen molar-refractivity contribution in [2.24, 2.45) is 0 Å². The zero-order valence-corrected chi connectivity index (χ0v) is 18.0. The minimum atomic E-state index is 0.198. The second-order valence-electron chi connectivity index (χ2n) is 7.53. The average Bonchev–Trinajstić information content (AvgIpc) is 3.10. The largest absolute Gasteiger partial charge is 0.342 e. The van der Waals surface area contributed by atoms with E-state index in [9.17, 15) is 4.79 Å². The van der Waals surface area contributed by atoms with Crippen LogP contribution in [0.3, 0.4) is 0 Å². The molecular weight excluding hydrogens is 370 g/mol. The Kier molecular flexibility index (Phi) is 7.50. The third kappa shape index (κ3) is 5.14. The summed E-state index contributed by atoms with van der Waals surface area (Å²) in [7, 11) is 4.14. The molecule has 2 heterocycles. The van der Waals surface area contributed by atoms with Crippen molar-refractivity contribution >= 4 is 17.7 Å². The number of amides is 1. The topological polar surface area (TPSA) is 54.3 Å². The molecule has 1 saturated heterocycles. The van der Waals surface area contributed by atoms with Crippen LogP contribution in [0.5, 0.6) is 0 Å². The number of carbonyl (C=O) groups excluding carboxylic acids is 1. The number of nitrogens with zero attached hydrogens (tertiary/aromatic N) is 5. The van der Waals surface area contributed by atoms with Gasteiger partial charge in [-0.3, -0.25) is 9.69 Å². The highest BCUT2D eigenvalue weighted by Gasteiger charge is 2.23. The summed E-state index contributed by atoms with van der Waals surface area (Å²) >= 11 is 1.51. The van der Waals surface area contributed by atoms with E-state index in [4.69, 9.17) is 0 Å². The van der Waals surface area contributed by atoms with E-state index in [1.807, 2.05) is 11.0 Å². The van der Waals surface area contributed by atoms with Crippen molar-refractivity contribution < 1.29 is 4.79 Å². The lowest BCUT2D eigenvalue weighted by Gasteiger charge is -2.26. The molecule has 0 spiro atoms. The van der Waals surface area contributed by atoms with Crippen LogP contribution in [0.1, 0.15) is 50.0 Å². The predicted molar refractivity (Wildman–Crippen MR) is 113 cm³/mol. The third-order valence-electron chi connectivity index (χ3n) is 5.27. The van der Waals surface area contributed by atoms with Crippen LogP contribution in [0, 0.1) is 0 Å². The molecule has 28 heavy (non-hydrogen) atoms. The summed E-state index contributed by atoms with van der Waals surface area (Å²) in [6.45, 7) is 4.66. The first kappa shape index (κ1) is 20.9. The average molecular weight is 402 g/mol. The van der Waals surface area contributed by atoms with Gasteiger partial charge in [-0.2, -0.15) is 0 Å². The SMILES string of the molecule is CC[C@@H](c1nnc(SCC(=O)N2CCCCC2)n1Cc1ccccc1)N(C)C. The maximum atomic E-state index is 12.6. The molecule has 1 aliphatic heterocycles. The molecule has 1 aromatic heterocycles. The lowest BCUT2D eigenvalue weighted by molar-refractivity contribution is -0.129. The molecule has 3 rings (SSSR count). The van der Waals surface area contributed by atoms with Gasteiger partial charge in [-0.1, -0.05) is 49.0 Å². The van der Waals surface area contributed by atoms with E-state index in [1.165, 1.54) is 23.7 Å². The van der Waals surface area contributed by atoms with Gasteiger partial charge in [0, 0.05) is 13.1 Å². The molecule has 0 aliphatic carbocycles. The molecule has 0 unspecified atom stereocenters. The normalized spacial score (nSPS) is 15.8. The minimum absolute atomic E-state index is 0.198. The molecule has 0 N–H and O–H groups in total. The Morgan fingerprint density at radius 2 is 1.86 bits per heavy atom. The van der Waals surface area contributed by atoms with Gasteiger partial charge in [-0.05, 0) is 45.3 Å². The molecule has 0 radical (unpaired) electrons. The van der Waals surface area contributed by atoms with Crippen LogP contribution in [0.15, 0.2) is 35.5 Å². The second kappa shape index (κ2) is 10.1. The quantitative estimate of drug-likeness (QED) is 0.634. The second-order valence-corrected chi connectivity index (χ2v) is 8.47. The molecule has 0 saturated carbocycles. The monoisotopic (exact) mass is 401 g/mol. The number of piperidine rings is 1. The van der Waals surface area contributed by atoms with Crippen LogP contribution >= 0.6 is 11.8 Å². The number of hydrogen-bond acceptors (Lipinski definition) is 5. The molecule has 152 valence electrons. The maximum absolute atomic E-state index is 12.6. The molecule has 6 nitrogen and oxygen atoms in total. The van der Waals surface area contributed by atoms with E-state index in [0.717, 1.165) is 43.3 Å². The molecule has 2 aromatic rings. The number of thioether (sulfide) groups is 1. The van der Waals surface area contributed by atoms with Crippen LogP contribution in [-0.2, 0) is 11.3 Å². The summed E-state index contributed by atoms with van der Waals surface area (Å²) in [5.74, 6) is 1.59. The van der Waals surface area contributed by atoms with Crippen molar-refractivity contribution in [3.63, 3.8) is 0 Å². The zero-order chi connectivity index (χ0) is 19.9. The van der Waals surface area contributed by atoms with Gasteiger partial charge in [0.25, 0.3) is 0 Å². The molecule has 1 fully saturated rings. The summed E-state index contributed by atoms with van der Waals surface area (Å²) in [4.78, 5) is 16.8. The lowest BCUT2D eigenvalue weighted by Crippen LogP contribution is -2.36. The predicted octanol–water partition coefficient (Wildman–Crippen LogP) is 3.44. The van der Waals surface area contributed by atoms with Crippen molar-refractivity contribution in [1.82, 2.24) is 24.6 Å². The third-order valence-corrected chi connectivity index (χ3v) is 6.22. The highest BCUT2D eigenvalue weighted by atomic mass is 32.2. The highest BCUT2D eigenvalue weighted by molar-refractivity contribution is 7.99. The lowest BCUT2D eigenvalue weighted by atomic mass is 10.1. The molecule has 0 bridgehead atoms. The molecule has 1 atom stereocenters. The number of aromatic nitrogens is 3. The number of likely N-dealkylation sites (tertiary alicyclic amines) is 1. The van der Waals surface area contributed by atoms with Crippen LogP contribution in [0.2, 0.25) is 0 Å². The van der Waals surface area contributed by atoms with E-state index in [0.29, 0.717) is 12.3 Å². The van der Waals surface area contributed by atoms with Crippen LogP contribution < -0.4 is 0 Å². The summed E-state index contributed by atoms with van der Waals surface area (Å²) in [5, 5.41) is 9.80. The molecule has 1 amide bonds. The van der Waals surface area contributed by atoms with Crippen molar-refractivity contribution in [3.05, 3.63) is 41.7 Å². The van der Waals surface area contributed by atoms with Crippen molar-refractivity contribution in [3.8, 4) is 0 Å². The minimum Gasteiger partial charge on any atom is -0.342 e. The fraction of sp³-hybridized carbons (Fsp3) is 0.571. The molecule has 1 aliphatic rings. The number of benzene rings is 1. The van der Waals surface area contributed by atoms with Crippen molar-refractivity contribution in [2.75, 3.05) is 32.9 Å². The number of rotatable bonds is 8. The Bertz CT molecular complexity index is 755. The Labute approximate surface area is 172 Å². The standard InChI is InChI=1S/C21H31N5OS/c1-4-18(24(2)3)20-22-23-21(26(20)15-17-11-7-5-8-12-17)28-16-19(27)25-13-9-6-10-14-25/h5,7-8,11-12,18H,4,6,9-10,13-16H2,1-3H3/t18-/m0/s1. The summed E-state index contributed by atoms with van der Waals surface area (Å²) in [6.07, 6.45) is 4.42. The first-order chi connectivity index (χ1) is 13.6. The summed E-state index contributed by atoms with van der Waals surface area (Å²) < 4.78 is 2.18. The first-order valence-electron chi connectivity index (χ1n) is 10.1. The van der Waals surface area contributed by atoms with E-state index in [2.05, 4.69) is 64.9 Å². The molecule has 7 heteroatoms. The molecule has 1 aromatic carbocycles. The van der Waals surface area contributed by atoms with E-state index < -0.39 is 0 Å². The van der Waals surface area contributed by atoms with Crippen molar-refractivity contribution in [2.45, 2.75) is 50.4 Å². The Morgan fingerprint density at radius 3 is 2.50 bits per heavy atom. The van der Waals surface area contributed by atoms with Crippen LogP contribution in [-0.4, -0.2) is 63.4 Å². The number of hydrogen-bond donors (Lipinski definition) is 0. The smallest absolute Gasteiger partial charge is 0.233 e. The fourth-order valence-electron chi connectivity index (χ4n) is 3.71. The van der Waals surface area contributed by atoms with E-state index >= 15 is 0 Å². The summed E-state index contributed by atoms with van der Waals surface area (Å²) in [6, 6.07) is 10.6. The van der Waals surface area contributed by atoms with Crippen molar-refractivity contribution in [1.29, 1.82) is 0 Å². The summed E-state index contributed by atoms with van der Waals surface area (Å²) in [5.41, 5.74) is 1.21. The highest BCUT2D eigenvalue weighted by Crippen LogP contribution is 2.26.